The molecule has 0 atom stereocenters. The minimum atomic E-state index is -2.89. The van der Waals surface area contributed by atoms with E-state index in [2.05, 4.69) is 9.72 Å². The molecule has 2 aromatic carbocycles. The van der Waals surface area contributed by atoms with Crippen LogP contribution in [0.4, 0.5) is 8.78 Å². The van der Waals surface area contributed by atoms with Crippen LogP contribution in [0, 0.1) is 0 Å². The highest BCUT2D eigenvalue weighted by molar-refractivity contribution is 7.98. The minimum absolute atomic E-state index is 0.143. The molecule has 0 saturated carbocycles. The van der Waals surface area contributed by atoms with Crippen LogP contribution in [0.3, 0.4) is 0 Å². The first kappa shape index (κ1) is 22.0. The SMILES string of the molecule is CCOC(=O)c1ccc2c(c1)nc(SCc1ccccc1OC(F)F)n2CCOC. The molecule has 1 aromatic heterocycles. The monoisotopic (exact) mass is 436 g/mol. The van der Waals surface area contributed by atoms with E-state index in [1.54, 1.807) is 44.4 Å². The van der Waals surface area contributed by atoms with Gasteiger partial charge in [0.25, 0.3) is 0 Å². The summed E-state index contributed by atoms with van der Waals surface area (Å²) < 4.78 is 42.2. The molecule has 3 rings (SSSR count). The summed E-state index contributed by atoms with van der Waals surface area (Å²) in [5, 5.41) is 0.690. The minimum Gasteiger partial charge on any atom is -0.462 e. The number of halogens is 2. The molecule has 1 heterocycles. The van der Waals surface area contributed by atoms with Crippen LogP contribution in [0.1, 0.15) is 22.8 Å². The Labute approximate surface area is 177 Å². The fourth-order valence-electron chi connectivity index (χ4n) is 2.93. The van der Waals surface area contributed by atoms with Gasteiger partial charge in [-0.15, -0.1) is 0 Å². The van der Waals surface area contributed by atoms with Crippen molar-refractivity contribution in [1.82, 2.24) is 9.55 Å². The third-order valence-electron chi connectivity index (χ3n) is 4.29. The van der Waals surface area contributed by atoms with Crippen molar-refractivity contribution in [2.45, 2.75) is 31.0 Å². The van der Waals surface area contributed by atoms with Crippen LogP contribution in [0.5, 0.6) is 5.75 Å². The van der Waals surface area contributed by atoms with E-state index in [-0.39, 0.29) is 5.75 Å². The van der Waals surface area contributed by atoms with Gasteiger partial charge in [-0.25, -0.2) is 9.78 Å². The number of methoxy groups -OCH3 is 1. The van der Waals surface area contributed by atoms with Gasteiger partial charge in [0, 0.05) is 25.0 Å². The van der Waals surface area contributed by atoms with E-state index >= 15 is 0 Å². The van der Waals surface area contributed by atoms with Crippen molar-refractivity contribution in [3.05, 3.63) is 53.6 Å². The van der Waals surface area contributed by atoms with Gasteiger partial charge in [-0.3, -0.25) is 0 Å². The average molecular weight is 436 g/mol. The maximum atomic E-state index is 12.7. The molecule has 0 aliphatic carbocycles. The average Bonchev–Trinajstić information content (AvgIpc) is 3.08. The molecule has 9 heteroatoms. The van der Waals surface area contributed by atoms with Gasteiger partial charge in [0.05, 0.1) is 29.8 Å². The lowest BCUT2D eigenvalue weighted by Gasteiger charge is -2.11. The summed E-state index contributed by atoms with van der Waals surface area (Å²) in [6.45, 7) is 0.192. The largest absolute Gasteiger partial charge is 0.462 e. The summed E-state index contributed by atoms with van der Waals surface area (Å²) >= 11 is 1.40. The van der Waals surface area contributed by atoms with Crippen molar-refractivity contribution in [2.75, 3.05) is 20.3 Å². The predicted molar refractivity (Wildman–Crippen MR) is 110 cm³/mol. The Morgan fingerprint density at radius 1 is 1.23 bits per heavy atom. The quantitative estimate of drug-likeness (QED) is 0.338. The summed E-state index contributed by atoms with van der Waals surface area (Å²) in [5.74, 6) is 0.131. The van der Waals surface area contributed by atoms with Crippen molar-refractivity contribution < 1.29 is 27.8 Å². The van der Waals surface area contributed by atoms with Crippen LogP contribution in [0.25, 0.3) is 11.0 Å². The number of alkyl halides is 2. The Bertz CT molecular complexity index is 1010. The zero-order valence-corrected chi connectivity index (χ0v) is 17.5. The fourth-order valence-corrected chi connectivity index (χ4v) is 3.97. The van der Waals surface area contributed by atoms with Crippen LogP contribution in [0.15, 0.2) is 47.6 Å². The van der Waals surface area contributed by atoms with Gasteiger partial charge in [0.2, 0.25) is 0 Å². The van der Waals surface area contributed by atoms with Gasteiger partial charge in [0.15, 0.2) is 5.16 Å². The van der Waals surface area contributed by atoms with Crippen molar-refractivity contribution in [2.24, 2.45) is 0 Å². The molecule has 0 saturated heterocycles. The third kappa shape index (κ3) is 5.28. The number of benzene rings is 2. The zero-order valence-electron chi connectivity index (χ0n) is 16.6. The van der Waals surface area contributed by atoms with Crippen LogP contribution in [-0.4, -0.2) is 42.5 Å². The Kier molecular flexibility index (Phi) is 7.64. The number of hydrogen-bond acceptors (Lipinski definition) is 6. The fraction of sp³-hybridized carbons (Fsp3) is 0.333. The first-order valence-electron chi connectivity index (χ1n) is 9.35. The van der Waals surface area contributed by atoms with E-state index in [0.717, 1.165) is 5.52 Å². The lowest BCUT2D eigenvalue weighted by molar-refractivity contribution is -0.0503. The van der Waals surface area contributed by atoms with E-state index in [4.69, 9.17) is 9.47 Å². The van der Waals surface area contributed by atoms with Gasteiger partial charge in [-0.05, 0) is 31.2 Å². The summed E-state index contributed by atoms with van der Waals surface area (Å²) in [5.41, 5.74) is 2.56. The predicted octanol–water partition coefficient (Wildman–Crippen LogP) is 4.75. The molecule has 6 nitrogen and oxygen atoms in total. The second kappa shape index (κ2) is 10.4. The zero-order chi connectivity index (χ0) is 21.5. The third-order valence-corrected chi connectivity index (χ3v) is 5.31. The standard InChI is InChI=1S/C21H22F2N2O4S/c1-3-28-19(26)14-8-9-17-16(12-14)24-21(25(17)10-11-27-2)30-13-15-6-4-5-7-18(15)29-20(22)23/h4-9,12,20H,3,10-11,13H2,1-2H3. The molecule has 0 spiro atoms. The van der Waals surface area contributed by atoms with E-state index < -0.39 is 12.6 Å². The number of thioether (sulfide) groups is 1. The number of ether oxygens (including phenoxy) is 3. The van der Waals surface area contributed by atoms with Gasteiger partial charge in [-0.1, -0.05) is 30.0 Å². The molecule has 0 aliphatic heterocycles. The highest BCUT2D eigenvalue weighted by Gasteiger charge is 2.16. The molecule has 160 valence electrons. The van der Waals surface area contributed by atoms with Crippen molar-refractivity contribution in [1.29, 1.82) is 0 Å². The molecule has 0 amide bonds. The normalized spacial score (nSPS) is 11.2. The number of fused-ring (bicyclic) bond motifs is 1. The van der Waals surface area contributed by atoms with Crippen LogP contribution in [-0.2, 0) is 21.8 Å². The Hall–Kier alpha value is -2.65. The highest BCUT2D eigenvalue weighted by atomic mass is 32.2. The number of aromatic nitrogens is 2. The Morgan fingerprint density at radius 3 is 2.77 bits per heavy atom. The van der Waals surface area contributed by atoms with Gasteiger partial charge >= 0.3 is 12.6 Å². The summed E-state index contributed by atoms with van der Waals surface area (Å²) in [6.07, 6.45) is 0. The molecular formula is C21H22F2N2O4S. The number of esters is 1. The van der Waals surface area contributed by atoms with Crippen LogP contribution >= 0.6 is 11.8 Å². The van der Waals surface area contributed by atoms with E-state index in [1.165, 1.54) is 17.8 Å². The molecule has 0 bridgehead atoms. The number of nitrogens with zero attached hydrogens (tertiary/aromatic N) is 2. The lowest BCUT2D eigenvalue weighted by atomic mass is 10.2. The van der Waals surface area contributed by atoms with E-state index in [9.17, 15) is 13.6 Å². The summed E-state index contributed by atoms with van der Waals surface area (Å²) in [4.78, 5) is 16.7. The van der Waals surface area contributed by atoms with Gasteiger partial charge in [-0.2, -0.15) is 8.78 Å². The molecule has 0 aliphatic rings. The second-order valence-corrected chi connectivity index (χ2v) is 7.18. The number of imidazole rings is 1. The second-order valence-electron chi connectivity index (χ2n) is 6.24. The number of hydrogen-bond donors (Lipinski definition) is 0. The molecule has 3 aromatic rings. The Morgan fingerprint density at radius 2 is 2.03 bits per heavy atom. The highest BCUT2D eigenvalue weighted by Crippen LogP contribution is 2.31. The maximum absolute atomic E-state index is 12.7. The molecule has 0 fully saturated rings. The van der Waals surface area contributed by atoms with Crippen molar-refractivity contribution in [3.8, 4) is 5.75 Å². The number of para-hydroxylation sites is 1. The van der Waals surface area contributed by atoms with Crippen LogP contribution in [0.2, 0.25) is 0 Å². The molecule has 0 N–H and O–H groups in total. The maximum Gasteiger partial charge on any atom is 0.387 e. The lowest BCUT2D eigenvalue weighted by Crippen LogP contribution is -2.07. The number of rotatable bonds is 10. The summed E-state index contributed by atoms with van der Waals surface area (Å²) in [7, 11) is 1.61. The van der Waals surface area contributed by atoms with Gasteiger partial charge in [0.1, 0.15) is 5.75 Å². The molecule has 30 heavy (non-hydrogen) atoms. The van der Waals surface area contributed by atoms with Crippen LogP contribution < -0.4 is 4.74 Å². The summed E-state index contributed by atoms with van der Waals surface area (Å²) in [6, 6.07) is 11.9. The smallest absolute Gasteiger partial charge is 0.387 e. The molecule has 0 radical (unpaired) electrons. The number of carbonyl (C=O) groups is 1. The first-order chi connectivity index (χ1) is 14.5. The molecule has 0 unspecified atom stereocenters. The number of carbonyl (C=O) groups excluding carboxylic acids is 1. The first-order valence-corrected chi connectivity index (χ1v) is 10.3. The Balaban J connectivity index is 1.89. The van der Waals surface area contributed by atoms with E-state index in [0.29, 0.717) is 47.3 Å². The van der Waals surface area contributed by atoms with Crippen molar-refractivity contribution in [3.63, 3.8) is 0 Å². The molecular weight excluding hydrogens is 414 g/mol. The topological polar surface area (TPSA) is 62.6 Å². The van der Waals surface area contributed by atoms with Gasteiger partial charge < -0.3 is 18.8 Å². The van der Waals surface area contributed by atoms with E-state index in [1.807, 2.05) is 10.6 Å². The van der Waals surface area contributed by atoms with Crippen molar-refractivity contribution >= 4 is 28.8 Å².